The highest BCUT2D eigenvalue weighted by Gasteiger charge is 2.54. The molecule has 0 unspecified atom stereocenters. The second-order valence-corrected chi connectivity index (χ2v) is 6.16. The molecule has 0 amide bonds. The lowest BCUT2D eigenvalue weighted by molar-refractivity contribution is -0.181. The number of unbranched alkanes of at least 4 members (excludes halogenated alkanes) is 2. The summed E-state index contributed by atoms with van der Waals surface area (Å²) in [6, 6.07) is 0. The molecule has 0 saturated heterocycles. The van der Waals surface area contributed by atoms with E-state index in [0.717, 1.165) is 25.7 Å². The first-order chi connectivity index (χ1) is 9.85. The Kier molecular flexibility index (Phi) is 9.31. The number of ether oxygens (including phenoxy) is 2. The molecule has 0 N–H and O–H groups in total. The van der Waals surface area contributed by atoms with Crippen molar-refractivity contribution >= 4 is 11.9 Å². The Morgan fingerprint density at radius 1 is 0.810 bits per heavy atom. The molecule has 4 heteroatoms. The van der Waals surface area contributed by atoms with Crippen LogP contribution >= 0.6 is 0 Å². The summed E-state index contributed by atoms with van der Waals surface area (Å²) >= 11 is 0. The van der Waals surface area contributed by atoms with E-state index in [4.69, 9.17) is 9.47 Å². The molecule has 21 heavy (non-hydrogen) atoms. The van der Waals surface area contributed by atoms with Gasteiger partial charge in [0.2, 0.25) is 0 Å². The Bertz CT molecular complexity index is 289. The fraction of sp³-hybridized carbons (Fsp3) is 0.882. The van der Waals surface area contributed by atoms with E-state index in [1.54, 1.807) is 0 Å². The molecule has 0 aliphatic heterocycles. The van der Waals surface area contributed by atoms with Crippen molar-refractivity contribution in [1.29, 1.82) is 0 Å². The molecule has 0 aliphatic rings. The third kappa shape index (κ3) is 5.01. The zero-order valence-corrected chi connectivity index (χ0v) is 14.5. The molecule has 124 valence electrons. The van der Waals surface area contributed by atoms with Gasteiger partial charge in [-0.1, -0.05) is 54.4 Å². The van der Waals surface area contributed by atoms with Crippen LogP contribution in [0.15, 0.2) is 0 Å². The summed E-state index contributed by atoms with van der Waals surface area (Å²) < 4.78 is 10.7. The van der Waals surface area contributed by atoms with Crippen molar-refractivity contribution in [3.63, 3.8) is 0 Å². The van der Waals surface area contributed by atoms with Crippen molar-refractivity contribution in [2.24, 2.45) is 17.3 Å². The first-order valence-corrected chi connectivity index (χ1v) is 8.19. The van der Waals surface area contributed by atoms with Crippen LogP contribution in [-0.2, 0) is 19.1 Å². The minimum Gasteiger partial charge on any atom is -0.465 e. The maximum Gasteiger partial charge on any atom is 0.324 e. The molecule has 0 heterocycles. The Hall–Kier alpha value is -1.06. The number of hydrogen-bond donors (Lipinski definition) is 0. The maximum absolute atomic E-state index is 12.6. The number of esters is 2. The average Bonchev–Trinajstić information content (AvgIpc) is 2.39. The molecule has 0 aromatic carbocycles. The molecule has 0 atom stereocenters. The van der Waals surface area contributed by atoms with Crippen molar-refractivity contribution in [3.05, 3.63) is 0 Å². The molecule has 0 rings (SSSR count). The van der Waals surface area contributed by atoms with E-state index in [0.29, 0.717) is 13.2 Å². The minimum atomic E-state index is -1.21. The van der Waals surface area contributed by atoms with Gasteiger partial charge in [-0.15, -0.1) is 0 Å². The van der Waals surface area contributed by atoms with Crippen LogP contribution in [0, 0.1) is 17.3 Å². The van der Waals surface area contributed by atoms with E-state index >= 15 is 0 Å². The van der Waals surface area contributed by atoms with Crippen molar-refractivity contribution in [2.75, 3.05) is 13.2 Å². The molecule has 4 nitrogen and oxygen atoms in total. The summed E-state index contributed by atoms with van der Waals surface area (Å²) in [4.78, 5) is 25.1. The Morgan fingerprint density at radius 3 is 1.38 bits per heavy atom. The number of carbonyl (C=O) groups is 2. The monoisotopic (exact) mass is 300 g/mol. The second-order valence-electron chi connectivity index (χ2n) is 6.16. The zero-order valence-electron chi connectivity index (χ0n) is 14.5. The van der Waals surface area contributed by atoms with E-state index in [1.165, 1.54) is 0 Å². The number of rotatable bonds is 10. The highest BCUT2D eigenvalue weighted by atomic mass is 16.6. The van der Waals surface area contributed by atoms with E-state index in [2.05, 4.69) is 0 Å². The van der Waals surface area contributed by atoms with Crippen molar-refractivity contribution in [1.82, 2.24) is 0 Å². The summed E-state index contributed by atoms with van der Waals surface area (Å²) in [7, 11) is 0. The zero-order chi connectivity index (χ0) is 16.5. The summed E-state index contributed by atoms with van der Waals surface area (Å²) in [5.41, 5.74) is -1.21. The van der Waals surface area contributed by atoms with Gasteiger partial charge in [0, 0.05) is 0 Å². The van der Waals surface area contributed by atoms with Crippen LogP contribution < -0.4 is 0 Å². The van der Waals surface area contributed by atoms with Crippen LogP contribution in [-0.4, -0.2) is 25.2 Å². The van der Waals surface area contributed by atoms with E-state index < -0.39 is 17.4 Å². The third-order valence-electron chi connectivity index (χ3n) is 3.96. The SMILES string of the molecule is CCCCOC(=O)C(C(=O)OCCCC)(C(C)C)C(C)C. The van der Waals surface area contributed by atoms with E-state index in [9.17, 15) is 9.59 Å². The van der Waals surface area contributed by atoms with Crippen molar-refractivity contribution < 1.29 is 19.1 Å². The van der Waals surface area contributed by atoms with Crippen LogP contribution in [0.4, 0.5) is 0 Å². The van der Waals surface area contributed by atoms with Gasteiger partial charge in [-0.3, -0.25) is 9.59 Å². The van der Waals surface area contributed by atoms with Crippen LogP contribution in [0.1, 0.15) is 67.2 Å². The third-order valence-corrected chi connectivity index (χ3v) is 3.96. The summed E-state index contributed by atoms with van der Waals surface area (Å²) in [5.74, 6) is -1.22. The van der Waals surface area contributed by atoms with Gasteiger partial charge < -0.3 is 9.47 Å². The van der Waals surface area contributed by atoms with Gasteiger partial charge in [0.15, 0.2) is 5.41 Å². The van der Waals surface area contributed by atoms with Crippen LogP contribution in [0.3, 0.4) is 0 Å². The van der Waals surface area contributed by atoms with Gasteiger partial charge in [0.25, 0.3) is 0 Å². The van der Waals surface area contributed by atoms with Gasteiger partial charge in [-0.25, -0.2) is 0 Å². The molecule has 0 fully saturated rings. The quantitative estimate of drug-likeness (QED) is 0.348. The summed E-state index contributed by atoms with van der Waals surface area (Å²) in [6.07, 6.45) is 3.51. The normalized spacial score (nSPS) is 11.8. The Balaban J connectivity index is 5.15. The molecular formula is C17H32O4. The molecule has 0 bridgehead atoms. The van der Waals surface area contributed by atoms with Gasteiger partial charge >= 0.3 is 11.9 Å². The van der Waals surface area contributed by atoms with Crippen LogP contribution in [0.5, 0.6) is 0 Å². The second kappa shape index (κ2) is 9.80. The van der Waals surface area contributed by atoms with Gasteiger partial charge in [-0.05, 0) is 24.7 Å². The van der Waals surface area contributed by atoms with Crippen molar-refractivity contribution in [2.45, 2.75) is 67.2 Å². The predicted molar refractivity (Wildman–Crippen MR) is 83.8 cm³/mol. The smallest absolute Gasteiger partial charge is 0.324 e. The summed E-state index contributed by atoms with van der Waals surface area (Å²) in [5, 5.41) is 0. The summed E-state index contributed by atoms with van der Waals surface area (Å²) in [6.45, 7) is 12.3. The van der Waals surface area contributed by atoms with E-state index in [-0.39, 0.29) is 11.8 Å². The first-order valence-electron chi connectivity index (χ1n) is 8.19. The lowest BCUT2D eigenvalue weighted by Gasteiger charge is -2.36. The van der Waals surface area contributed by atoms with Gasteiger partial charge in [-0.2, -0.15) is 0 Å². The lowest BCUT2D eigenvalue weighted by atomic mass is 9.69. The molecular weight excluding hydrogens is 268 g/mol. The lowest BCUT2D eigenvalue weighted by Crippen LogP contribution is -2.50. The van der Waals surface area contributed by atoms with E-state index in [1.807, 2.05) is 41.5 Å². The fourth-order valence-electron chi connectivity index (χ4n) is 2.55. The predicted octanol–water partition coefficient (Wildman–Crippen LogP) is 3.97. The minimum absolute atomic E-state index is 0.166. The fourth-order valence-corrected chi connectivity index (χ4v) is 2.55. The molecule has 0 aromatic rings. The average molecular weight is 300 g/mol. The Morgan fingerprint density at radius 2 is 1.14 bits per heavy atom. The molecule has 0 radical (unpaired) electrons. The number of carbonyl (C=O) groups excluding carboxylic acids is 2. The highest BCUT2D eigenvalue weighted by molar-refractivity contribution is 6.00. The number of hydrogen-bond acceptors (Lipinski definition) is 4. The van der Waals surface area contributed by atoms with Crippen LogP contribution in [0.2, 0.25) is 0 Å². The molecule has 0 aliphatic carbocycles. The van der Waals surface area contributed by atoms with Crippen LogP contribution in [0.25, 0.3) is 0 Å². The Labute approximate surface area is 129 Å². The topological polar surface area (TPSA) is 52.6 Å². The molecule has 0 aromatic heterocycles. The van der Waals surface area contributed by atoms with Gasteiger partial charge in [0.05, 0.1) is 13.2 Å². The maximum atomic E-state index is 12.6. The molecule has 0 saturated carbocycles. The highest BCUT2D eigenvalue weighted by Crippen LogP contribution is 2.39. The standard InChI is InChI=1S/C17H32O4/c1-7-9-11-20-15(18)17(13(3)4,14(5)6)16(19)21-12-10-8-2/h13-14H,7-12H2,1-6H3. The van der Waals surface area contributed by atoms with Crippen molar-refractivity contribution in [3.8, 4) is 0 Å². The van der Waals surface area contributed by atoms with Gasteiger partial charge in [0.1, 0.15) is 0 Å². The first kappa shape index (κ1) is 19.9. The molecule has 0 spiro atoms. The largest absolute Gasteiger partial charge is 0.465 e.